The number of carbonyl (C=O) groups excluding carboxylic acids is 1. The third-order valence-electron chi connectivity index (χ3n) is 5.01. The molecule has 2 aliphatic rings. The number of amides is 1. The average molecular weight is 378 g/mol. The molecule has 1 amide bonds. The Labute approximate surface area is 160 Å². The Bertz CT molecular complexity index is 691. The number of benzene rings is 1. The van der Waals surface area contributed by atoms with Crippen LogP contribution >= 0.6 is 12.2 Å². The molecule has 0 aromatic heterocycles. The number of hydrogen-bond acceptors (Lipinski definition) is 4. The molecule has 0 unspecified atom stereocenters. The zero-order valence-electron chi connectivity index (χ0n) is 15.6. The van der Waals surface area contributed by atoms with Crippen molar-refractivity contribution < 1.29 is 14.3 Å². The molecule has 1 fully saturated rings. The Morgan fingerprint density at radius 3 is 2.54 bits per heavy atom. The number of rotatable bonds is 6. The molecule has 2 N–H and O–H groups in total. The second-order valence-corrected chi connectivity index (χ2v) is 7.11. The summed E-state index contributed by atoms with van der Waals surface area (Å²) in [6.07, 6.45) is 2.86. The van der Waals surface area contributed by atoms with E-state index in [0.29, 0.717) is 12.3 Å². The largest absolute Gasteiger partial charge is 0.493 e. The van der Waals surface area contributed by atoms with Crippen LogP contribution in [-0.2, 0) is 11.2 Å². The molecule has 1 aliphatic carbocycles. The second kappa shape index (κ2) is 8.12. The first-order chi connectivity index (χ1) is 12.6. The average Bonchev–Trinajstić information content (AvgIpc) is 3.49. The molecule has 3 rings (SSSR count). The van der Waals surface area contributed by atoms with Crippen LogP contribution in [0.5, 0.6) is 11.5 Å². The van der Waals surface area contributed by atoms with Crippen molar-refractivity contribution in [1.82, 2.24) is 15.5 Å². The fourth-order valence-corrected chi connectivity index (χ4v) is 3.79. The Kier molecular flexibility index (Phi) is 5.86. The van der Waals surface area contributed by atoms with Gasteiger partial charge in [0.15, 0.2) is 16.6 Å². The molecule has 1 aromatic rings. The predicted molar refractivity (Wildman–Crippen MR) is 105 cm³/mol. The van der Waals surface area contributed by atoms with E-state index in [1.165, 1.54) is 5.56 Å². The number of nitrogens with one attached hydrogen (secondary N) is 2. The van der Waals surface area contributed by atoms with Gasteiger partial charge in [-0.2, -0.15) is 0 Å². The van der Waals surface area contributed by atoms with Gasteiger partial charge in [-0.3, -0.25) is 4.79 Å². The fraction of sp³-hybridized carbons (Fsp3) is 0.579. The van der Waals surface area contributed by atoms with Crippen molar-refractivity contribution >= 4 is 23.2 Å². The lowest BCUT2D eigenvalue weighted by molar-refractivity contribution is -0.122. The SMILES string of the molecule is CCNC(=S)N1CCc2cc(OC)c(OC)cc2[C@H]1CNC(=O)C1CC1. The highest BCUT2D eigenvalue weighted by Crippen LogP contribution is 2.38. The van der Waals surface area contributed by atoms with E-state index in [1.54, 1.807) is 14.2 Å². The number of ether oxygens (including phenoxy) is 2. The van der Waals surface area contributed by atoms with Crippen LogP contribution in [0.4, 0.5) is 0 Å². The molecule has 0 radical (unpaired) electrons. The zero-order valence-corrected chi connectivity index (χ0v) is 16.4. The van der Waals surface area contributed by atoms with Crippen LogP contribution in [0.2, 0.25) is 0 Å². The van der Waals surface area contributed by atoms with Gasteiger partial charge in [-0.25, -0.2) is 0 Å². The molecule has 1 aromatic carbocycles. The third-order valence-corrected chi connectivity index (χ3v) is 5.39. The molecule has 1 aliphatic heterocycles. The van der Waals surface area contributed by atoms with Crippen LogP contribution in [0.1, 0.15) is 36.9 Å². The minimum atomic E-state index is -0.0205. The molecule has 1 saturated carbocycles. The van der Waals surface area contributed by atoms with Gasteiger partial charge in [0.05, 0.1) is 20.3 Å². The molecular formula is C19H27N3O3S. The third kappa shape index (κ3) is 3.87. The first-order valence-electron chi connectivity index (χ1n) is 9.16. The smallest absolute Gasteiger partial charge is 0.223 e. The molecule has 1 heterocycles. The van der Waals surface area contributed by atoms with Crippen LogP contribution in [0.15, 0.2) is 12.1 Å². The van der Waals surface area contributed by atoms with E-state index < -0.39 is 0 Å². The molecule has 0 saturated heterocycles. The highest BCUT2D eigenvalue weighted by atomic mass is 32.1. The lowest BCUT2D eigenvalue weighted by atomic mass is 9.92. The minimum Gasteiger partial charge on any atom is -0.493 e. The van der Waals surface area contributed by atoms with E-state index in [1.807, 2.05) is 19.1 Å². The second-order valence-electron chi connectivity index (χ2n) is 6.72. The molecule has 0 spiro atoms. The summed E-state index contributed by atoms with van der Waals surface area (Å²) in [5.41, 5.74) is 2.34. The van der Waals surface area contributed by atoms with Crippen molar-refractivity contribution in [3.05, 3.63) is 23.3 Å². The van der Waals surface area contributed by atoms with Crippen molar-refractivity contribution in [3.63, 3.8) is 0 Å². The number of thiocarbonyl (C=S) groups is 1. The normalized spacial score (nSPS) is 18.7. The van der Waals surface area contributed by atoms with Crippen molar-refractivity contribution in [2.75, 3.05) is 33.9 Å². The molecule has 26 heavy (non-hydrogen) atoms. The number of methoxy groups -OCH3 is 2. The van der Waals surface area contributed by atoms with Crippen molar-refractivity contribution in [2.24, 2.45) is 5.92 Å². The van der Waals surface area contributed by atoms with Gasteiger partial charge in [-0.1, -0.05) is 0 Å². The van der Waals surface area contributed by atoms with Crippen molar-refractivity contribution in [2.45, 2.75) is 32.2 Å². The molecule has 6 nitrogen and oxygen atoms in total. The zero-order chi connectivity index (χ0) is 18.7. The van der Waals surface area contributed by atoms with Gasteiger partial charge in [0, 0.05) is 25.6 Å². The van der Waals surface area contributed by atoms with Crippen molar-refractivity contribution in [1.29, 1.82) is 0 Å². The van der Waals surface area contributed by atoms with Crippen LogP contribution in [0.25, 0.3) is 0 Å². The highest BCUT2D eigenvalue weighted by Gasteiger charge is 2.33. The standard InChI is InChI=1S/C19H27N3O3S/c1-4-20-19(26)22-8-7-13-9-16(24-2)17(25-3)10-14(13)15(22)11-21-18(23)12-5-6-12/h9-10,12,15H,4-8,11H2,1-3H3,(H,20,26)(H,21,23)/t15-/m1/s1. The van der Waals surface area contributed by atoms with E-state index in [2.05, 4.69) is 15.5 Å². The monoisotopic (exact) mass is 377 g/mol. The fourth-order valence-electron chi connectivity index (χ4n) is 3.43. The lowest BCUT2D eigenvalue weighted by Crippen LogP contribution is -2.49. The maximum Gasteiger partial charge on any atom is 0.223 e. The number of hydrogen-bond donors (Lipinski definition) is 2. The van der Waals surface area contributed by atoms with E-state index >= 15 is 0 Å². The van der Waals surface area contributed by atoms with Gasteiger partial charge < -0.3 is 25.0 Å². The van der Waals surface area contributed by atoms with E-state index in [4.69, 9.17) is 21.7 Å². The predicted octanol–water partition coefficient (Wildman–Crippen LogP) is 2.02. The maximum absolute atomic E-state index is 12.2. The number of nitrogens with zero attached hydrogens (tertiary/aromatic N) is 1. The van der Waals surface area contributed by atoms with Crippen LogP contribution in [0.3, 0.4) is 0 Å². The molecule has 7 heteroatoms. The summed E-state index contributed by atoms with van der Waals surface area (Å²) in [5, 5.41) is 7.07. The Morgan fingerprint density at radius 2 is 1.92 bits per heavy atom. The first-order valence-corrected chi connectivity index (χ1v) is 9.56. The van der Waals surface area contributed by atoms with Crippen molar-refractivity contribution in [3.8, 4) is 11.5 Å². The van der Waals surface area contributed by atoms with Gasteiger partial charge in [-0.15, -0.1) is 0 Å². The van der Waals surface area contributed by atoms with Crippen LogP contribution < -0.4 is 20.1 Å². The summed E-state index contributed by atoms with van der Waals surface area (Å²) >= 11 is 5.58. The lowest BCUT2D eigenvalue weighted by Gasteiger charge is -2.39. The minimum absolute atomic E-state index is 0.0205. The van der Waals surface area contributed by atoms with Crippen LogP contribution in [0, 0.1) is 5.92 Å². The summed E-state index contributed by atoms with van der Waals surface area (Å²) in [4.78, 5) is 14.3. The number of carbonyl (C=O) groups is 1. The Hall–Kier alpha value is -2.02. The van der Waals surface area contributed by atoms with Gasteiger partial charge in [-0.05, 0) is 61.7 Å². The van der Waals surface area contributed by atoms with E-state index in [9.17, 15) is 4.79 Å². The van der Waals surface area contributed by atoms with Gasteiger partial charge >= 0.3 is 0 Å². The topological polar surface area (TPSA) is 62.8 Å². The molecule has 0 bridgehead atoms. The quantitative estimate of drug-likeness (QED) is 0.740. The molecule has 1 atom stereocenters. The first kappa shape index (κ1) is 18.8. The highest BCUT2D eigenvalue weighted by molar-refractivity contribution is 7.80. The summed E-state index contributed by atoms with van der Waals surface area (Å²) in [6.45, 7) is 4.14. The van der Waals surface area contributed by atoms with Gasteiger partial charge in [0.25, 0.3) is 0 Å². The number of fused-ring (bicyclic) bond motifs is 1. The Morgan fingerprint density at radius 1 is 1.23 bits per heavy atom. The van der Waals surface area contributed by atoms with Crippen LogP contribution in [-0.4, -0.2) is 49.8 Å². The van der Waals surface area contributed by atoms with Gasteiger partial charge in [0.1, 0.15) is 0 Å². The van der Waals surface area contributed by atoms with E-state index in [-0.39, 0.29) is 17.9 Å². The molecule has 142 valence electrons. The van der Waals surface area contributed by atoms with E-state index in [0.717, 1.165) is 48.8 Å². The Balaban J connectivity index is 1.89. The molecular weight excluding hydrogens is 350 g/mol. The summed E-state index contributed by atoms with van der Waals surface area (Å²) in [6, 6.07) is 4.04. The maximum atomic E-state index is 12.2. The van der Waals surface area contributed by atoms with Gasteiger partial charge in [0.2, 0.25) is 5.91 Å². The summed E-state index contributed by atoms with van der Waals surface area (Å²) in [7, 11) is 3.28. The summed E-state index contributed by atoms with van der Waals surface area (Å²) < 4.78 is 10.9. The summed E-state index contributed by atoms with van der Waals surface area (Å²) in [5.74, 6) is 1.76.